The van der Waals surface area contributed by atoms with E-state index in [1.165, 1.54) is 0 Å². The Bertz CT molecular complexity index is 401. The number of alkyl halides is 2. The van der Waals surface area contributed by atoms with Gasteiger partial charge in [-0.2, -0.15) is 0 Å². The molecule has 0 amide bonds. The summed E-state index contributed by atoms with van der Waals surface area (Å²) in [5, 5.41) is 8.32. The Balaban J connectivity index is 0.00000256. The van der Waals surface area contributed by atoms with Crippen LogP contribution >= 0.6 is 12.4 Å². The van der Waals surface area contributed by atoms with Gasteiger partial charge in [-0.3, -0.25) is 0 Å². The number of benzene rings is 1. The van der Waals surface area contributed by atoms with E-state index in [2.05, 4.69) is 0 Å². The molecule has 17 heavy (non-hydrogen) atoms. The topological polar surface area (TPSA) is 46.2 Å². The van der Waals surface area contributed by atoms with Crippen molar-refractivity contribution < 1.29 is 27.1 Å². The van der Waals surface area contributed by atoms with Crippen LogP contribution in [0.15, 0.2) is 12.1 Å². The van der Waals surface area contributed by atoms with E-state index in [9.17, 15) is 22.0 Å². The zero-order chi connectivity index (χ0) is 12.5. The lowest BCUT2D eigenvalue weighted by atomic mass is 10.0. The SMILES string of the molecule is Cl.N[C@@H](c1cc(F)cc(F)c1F)C(F)(F)CO. The summed E-state index contributed by atoms with van der Waals surface area (Å²) in [7, 11) is 0. The predicted octanol–water partition coefficient (Wildman–Crippen LogP) is 2.15. The summed E-state index contributed by atoms with van der Waals surface area (Å²) in [5.41, 5.74) is 3.92. The van der Waals surface area contributed by atoms with Crippen LogP contribution in [-0.2, 0) is 0 Å². The second-order valence-corrected chi connectivity index (χ2v) is 3.19. The Hall–Kier alpha value is -0.920. The number of nitrogens with two attached hydrogens (primary N) is 1. The maximum atomic E-state index is 13.1. The number of aliphatic hydroxyl groups excluding tert-OH is 1. The zero-order valence-corrected chi connectivity index (χ0v) is 9.08. The van der Waals surface area contributed by atoms with Crippen molar-refractivity contribution in [3.05, 3.63) is 35.1 Å². The zero-order valence-electron chi connectivity index (χ0n) is 8.26. The third-order valence-electron chi connectivity index (χ3n) is 2.02. The predicted molar refractivity (Wildman–Crippen MR) is 52.5 cm³/mol. The van der Waals surface area contributed by atoms with Gasteiger partial charge in [0.05, 0.1) is 6.04 Å². The molecular weight excluding hydrogens is 269 g/mol. The molecule has 1 aromatic carbocycles. The molecule has 0 aliphatic carbocycles. The molecular formula is C9H9ClF5NO. The lowest BCUT2D eigenvalue weighted by Gasteiger charge is -2.22. The van der Waals surface area contributed by atoms with Crippen LogP contribution in [0, 0.1) is 17.5 Å². The van der Waals surface area contributed by atoms with Crippen molar-refractivity contribution in [3.8, 4) is 0 Å². The fourth-order valence-corrected chi connectivity index (χ4v) is 1.13. The molecule has 3 N–H and O–H groups in total. The molecule has 0 saturated heterocycles. The minimum absolute atomic E-state index is 0. The van der Waals surface area contributed by atoms with Crippen molar-refractivity contribution in [3.63, 3.8) is 0 Å². The second-order valence-electron chi connectivity index (χ2n) is 3.19. The van der Waals surface area contributed by atoms with Gasteiger partial charge in [0.2, 0.25) is 0 Å². The lowest BCUT2D eigenvalue weighted by molar-refractivity contribution is -0.0720. The third-order valence-corrected chi connectivity index (χ3v) is 2.02. The van der Waals surface area contributed by atoms with Crippen LogP contribution in [0.1, 0.15) is 11.6 Å². The Morgan fingerprint density at radius 3 is 2.24 bits per heavy atom. The van der Waals surface area contributed by atoms with Gasteiger partial charge in [0.25, 0.3) is 5.92 Å². The van der Waals surface area contributed by atoms with Crippen molar-refractivity contribution in [1.82, 2.24) is 0 Å². The van der Waals surface area contributed by atoms with Crippen LogP contribution in [-0.4, -0.2) is 17.6 Å². The molecule has 1 rings (SSSR count). The van der Waals surface area contributed by atoms with Gasteiger partial charge < -0.3 is 10.8 Å². The molecule has 0 aliphatic rings. The first-order valence-corrected chi connectivity index (χ1v) is 4.18. The van der Waals surface area contributed by atoms with Crippen molar-refractivity contribution >= 4 is 12.4 Å². The van der Waals surface area contributed by atoms with Gasteiger partial charge in [0.15, 0.2) is 11.6 Å². The standard InChI is InChI=1S/C9H8F5NO.ClH/c10-4-1-5(7(12)6(11)2-4)8(15)9(13,14)3-16;/h1-2,8,16H,3,15H2;1H/t8-;/m0./s1. The van der Waals surface area contributed by atoms with Crippen molar-refractivity contribution in [2.45, 2.75) is 12.0 Å². The Kier molecular flexibility index (Phi) is 5.31. The Labute approximate surface area is 99.6 Å². The van der Waals surface area contributed by atoms with Crippen molar-refractivity contribution in [2.75, 3.05) is 6.61 Å². The fourth-order valence-electron chi connectivity index (χ4n) is 1.13. The molecule has 0 aromatic heterocycles. The van der Waals surface area contributed by atoms with Gasteiger partial charge in [-0.1, -0.05) is 0 Å². The minimum Gasteiger partial charge on any atom is -0.390 e. The first kappa shape index (κ1) is 16.1. The van der Waals surface area contributed by atoms with Crippen molar-refractivity contribution in [2.24, 2.45) is 5.73 Å². The molecule has 8 heteroatoms. The van der Waals surface area contributed by atoms with E-state index in [0.717, 1.165) is 0 Å². The quantitative estimate of drug-likeness (QED) is 0.657. The molecule has 1 aromatic rings. The highest BCUT2D eigenvalue weighted by molar-refractivity contribution is 5.85. The molecule has 0 fully saturated rings. The Morgan fingerprint density at radius 1 is 1.24 bits per heavy atom. The van der Waals surface area contributed by atoms with E-state index < -0.39 is 41.6 Å². The van der Waals surface area contributed by atoms with E-state index in [0.29, 0.717) is 6.07 Å². The monoisotopic (exact) mass is 277 g/mol. The summed E-state index contributed by atoms with van der Waals surface area (Å²) >= 11 is 0. The first-order chi connectivity index (χ1) is 7.29. The van der Waals surface area contributed by atoms with Crippen LogP contribution in [0.2, 0.25) is 0 Å². The smallest absolute Gasteiger partial charge is 0.289 e. The first-order valence-electron chi connectivity index (χ1n) is 4.18. The highest BCUT2D eigenvalue weighted by Gasteiger charge is 2.39. The molecule has 2 nitrogen and oxygen atoms in total. The molecule has 0 saturated carbocycles. The number of rotatable bonds is 3. The highest BCUT2D eigenvalue weighted by atomic mass is 35.5. The highest BCUT2D eigenvalue weighted by Crippen LogP contribution is 2.31. The second kappa shape index (κ2) is 5.61. The molecule has 0 radical (unpaired) electrons. The van der Waals surface area contributed by atoms with Crippen LogP contribution in [0.3, 0.4) is 0 Å². The van der Waals surface area contributed by atoms with Gasteiger partial charge in [0, 0.05) is 11.6 Å². The molecule has 0 unspecified atom stereocenters. The molecule has 0 heterocycles. The average molecular weight is 278 g/mol. The summed E-state index contributed by atoms with van der Waals surface area (Å²) in [6.07, 6.45) is 0. The van der Waals surface area contributed by atoms with E-state index in [1.54, 1.807) is 0 Å². The maximum absolute atomic E-state index is 13.1. The molecule has 98 valence electrons. The van der Waals surface area contributed by atoms with Crippen LogP contribution in [0.4, 0.5) is 22.0 Å². The Morgan fingerprint density at radius 2 is 1.76 bits per heavy atom. The number of halogens is 6. The largest absolute Gasteiger partial charge is 0.390 e. The summed E-state index contributed by atoms with van der Waals surface area (Å²) < 4.78 is 64.2. The van der Waals surface area contributed by atoms with E-state index in [1.807, 2.05) is 0 Å². The maximum Gasteiger partial charge on any atom is 0.289 e. The number of aliphatic hydroxyl groups is 1. The summed E-state index contributed by atoms with van der Waals surface area (Å²) in [5.74, 6) is -8.35. The summed E-state index contributed by atoms with van der Waals surface area (Å²) in [6, 6.07) is -1.74. The fraction of sp³-hybridized carbons (Fsp3) is 0.333. The average Bonchev–Trinajstić information content (AvgIpc) is 2.22. The molecule has 1 atom stereocenters. The molecule has 0 aliphatic heterocycles. The van der Waals surface area contributed by atoms with Crippen LogP contribution in [0.5, 0.6) is 0 Å². The third kappa shape index (κ3) is 3.27. The van der Waals surface area contributed by atoms with E-state index in [-0.39, 0.29) is 18.5 Å². The number of hydrogen-bond acceptors (Lipinski definition) is 2. The van der Waals surface area contributed by atoms with Crippen LogP contribution < -0.4 is 5.73 Å². The van der Waals surface area contributed by atoms with E-state index >= 15 is 0 Å². The van der Waals surface area contributed by atoms with Gasteiger partial charge in [0.1, 0.15) is 12.4 Å². The summed E-state index contributed by atoms with van der Waals surface area (Å²) in [4.78, 5) is 0. The van der Waals surface area contributed by atoms with Gasteiger partial charge in [-0.25, -0.2) is 22.0 Å². The van der Waals surface area contributed by atoms with Crippen LogP contribution in [0.25, 0.3) is 0 Å². The molecule has 0 spiro atoms. The minimum atomic E-state index is -3.86. The van der Waals surface area contributed by atoms with Gasteiger partial charge in [-0.05, 0) is 6.07 Å². The number of hydrogen-bond donors (Lipinski definition) is 2. The lowest BCUT2D eigenvalue weighted by Crippen LogP contribution is -2.37. The van der Waals surface area contributed by atoms with Crippen molar-refractivity contribution in [1.29, 1.82) is 0 Å². The summed E-state index contributed by atoms with van der Waals surface area (Å²) in [6.45, 7) is -1.65. The van der Waals surface area contributed by atoms with Gasteiger partial charge in [-0.15, -0.1) is 12.4 Å². The van der Waals surface area contributed by atoms with Gasteiger partial charge >= 0.3 is 0 Å². The molecule has 0 bridgehead atoms. The van der Waals surface area contributed by atoms with E-state index in [4.69, 9.17) is 10.8 Å². The normalized spacial score (nSPS) is 13.1.